The van der Waals surface area contributed by atoms with Crippen LogP contribution in [-0.4, -0.2) is 21.1 Å². The van der Waals surface area contributed by atoms with Crippen LogP contribution in [0.15, 0.2) is 17.8 Å². The summed E-state index contributed by atoms with van der Waals surface area (Å²) in [5.74, 6) is 1.11. The fourth-order valence-corrected chi connectivity index (χ4v) is 2.62. The van der Waals surface area contributed by atoms with Gasteiger partial charge in [-0.25, -0.2) is 4.98 Å². The van der Waals surface area contributed by atoms with Crippen LogP contribution in [0.4, 0.5) is 0 Å². The monoisotopic (exact) mass is 262 g/mol. The van der Waals surface area contributed by atoms with Gasteiger partial charge in [0.2, 0.25) is 0 Å². The number of imidazole rings is 1. The molecule has 0 spiro atoms. The SMILES string of the molecule is CC(CCl)(CCl)Cc1cn2ccsc2n1. The quantitative estimate of drug-likeness (QED) is 0.772. The van der Waals surface area contributed by atoms with Gasteiger partial charge in [-0.2, -0.15) is 0 Å². The zero-order chi connectivity index (χ0) is 10.9. The van der Waals surface area contributed by atoms with Crippen molar-refractivity contribution in [3.8, 4) is 0 Å². The highest BCUT2D eigenvalue weighted by molar-refractivity contribution is 7.15. The number of fused-ring (bicyclic) bond motifs is 1. The third-order valence-corrected chi connectivity index (χ3v) is 4.46. The van der Waals surface area contributed by atoms with E-state index in [0.29, 0.717) is 11.8 Å². The lowest BCUT2D eigenvalue weighted by atomic mass is 9.90. The first-order valence-electron chi connectivity index (χ1n) is 4.70. The van der Waals surface area contributed by atoms with Gasteiger partial charge in [0.15, 0.2) is 4.96 Å². The molecule has 2 nitrogen and oxygen atoms in total. The number of hydrogen-bond donors (Lipinski definition) is 0. The highest BCUT2D eigenvalue weighted by Gasteiger charge is 2.24. The summed E-state index contributed by atoms with van der Waals surface area (Å²) in [5.41, 5.74) is 0.998. The normalized spacial score (nSPS) is 12.5. The number of rotatable bonds is 4. The van der Waals surface area contributed by atoms with Gasteiger partial charge < -0.3 is 0 Å². The summed E-state index contributed by atoms with van der Waals surface area (Å²) < 4.78 is 2.03. The van der Waals surface area contributed by atoms with E-state index in [1.54, 1.807) is 11.3 Å². The highest BCUT2D eigenvalue weighted by atomic mass is 35.5. The topological polar surface area (TPSA) is 17.3 Å². The van der Waals surface area contributed by atoms with E-state index in [0.717, 1.165) is 17.1 Å². The summed E-state index contributed by atoms with van der Waals surface area (Å²) in [6.45, 7) is 2.08. The van der Waals surface area contributed by atoms with E-state index in [1.807, 2.05) is 22.2 Å². The van der Waals surface area contributed by atoms with Gasteiger partial charge in [-0.15, -0.1) is 34.5 Å². The van der Waals surface area contributed by atoms with Gasteiger partial charge in [0.25, 0.3) is 0 Å². The molecule has 0 amide bonds. The zero-order valence-electron chi connectivity index (χ0n) is 8.41. The van der Waals surface area contributed by atoms with Crippen molar-refractivity contribution >= 4 is 39.5 Å². The number of alkyl halides is 2. The number of nitrogens with zero attached hydrogens (tertiary/aromatic N) is 2. The van der Waals surface area contributed by atoms with Crippen molar-refractivity contribution in [2.24, 2.45) is 5.41 Å². The Balaban J connectivity index is 2.21. The van der Waals surface area contributed by atoms with Gasteiger partial charge in [-0.1, -0.05) is 6.92 Å². The van der Waals surface area contributed by atoms with Crippen molar-refractivity contribution in [2.75, 3.05) is 11.8 Å². The van der Waals surface area contributed by atoms with Crippen LogP contribution in [0, 0.1) is 5.41 Å². The number of halogens is 2. The molecule has 0 atom stereocenters. The lowest BCUT2D eigenvalue weighted by Crippen LogP contribution is -2.23. The number of aromatic nitrogens is 2. The Bertz CT molecular complexity index is 416. The minimum atomic E-state index is -0.0624. The molecule has 82 valence electrons. The van der Waals surface area contributed by atoms with Crippen LogP contribution >= 0.6 is 34.5 Å². The maximum atomic E-state index is 5.92. The maximum Gasteiger partial charge on any atom is 0.193 e. The van der Waals surface area contributed by atoms with Crippen molar-refractivity contribution < 1.29 is 0 Å². The molecular formula is C10H12Cl2N2S. The smallest absolute Gasteiger partial charge is 0.193 e. The molecule has 0 fully saturated rings. The number of hydrogen-bond acceptors (Lipinski definition) is 2. The summed E-state index contributed by atoms with van der Waals surface area (Å²) in [7, 11) is 0. The standard InChI is InChI=1S/C10H12Cl2N2S/c1-10(6-11,7-12)4-8-5-14-2-3-15-9(14)13-8/h2-3,5H,4,6-7H2,1H3. The van der Waals surface area contributed by atoms with Crippen molar-refractivity contribution in [3.05, 3.63) is 23.5 Å². The second-order valence-corrected chi connectivity index (χ2v) is 5.49. The Hall–Kier alpha value is -0.250. The Labute approximate surface area is 103 Å². The van der Waals surface area contributed by atoms with E-state index < -0.39 is 0 Å². The third kappa shape index (κ3) is 2.30. The molecule has 0 saturated heterocycles. The molecule has 0 saturated carbocycles. The molecule has 0 aliphatic carbocycles. The van der Waals surface area contributed by atoms with E-state index in [1.165, 1.54) is 0 Å². The predicted molar refractivity (Wildman–Crippen MR) is 66.3 cm³/mol. The van der Waals surface area contributed by atoms with Gasteiger partial charge >= 0.3 is 0 Å². The minimum absolute atomic E-state index is 0.0624. The number of thiazole rings is 1. The molecule has 0 N–H and O–H groups in total. The second kappa shape index (κ2) is 4.32. The van der Waals surface area contributed by atoms with E-state index >= 15 is 0 Å². The average Bonchev–Trinajstić information content (AvgIpc) is 2.77. The van der Waals surface area contributed by atoms with Crippen molar-refractivity contribution in [1.82, 2.24) is 9.38 Å². The Morgan fingerprint density at radius 1 is 1.47 bits per heavy atom. The molecule has 0 aromatic carbocycles. The van der Waals surface area contributed by atoms with Gasteiger partial charge in [-0.05, 0) is 6.42 Å². The molecule has 2 aromatic heterocycles. The molecule has 5 heteroatoms. The summed E-state index contributed by atoms with van der Waals surface area (Å²) in [6, 6.07) is 0. The molecular weight excluding hydrogens is 251 g/mol. The van der Waals surface area contributed by atoms with Gasteiger partial charge in [0, 0.05) is 34.9 Å². The molecule has 0 unspecified atom stereocenters. The first-order chi connectivity index (χ1) is 7.17. The van der Waals surface area contributed by atoms with E-state index in [-0.39, 0.29) is 5.41 Å². The third-order valence-electron chi connectivity index (χ3n) is 2.40. The van der Waals surface area contributed by atoms with Gasteiger partial charge in [-0.3, -0.25) is 4.40 Å². The molecule has 0 radical (unpaired) electrons. The maximum absolute atomic E-state index is 5.92. The van der Waals surface area contributed by atoms with Crippen LogP contribution in [0.1, 0.15) is 12.6 Å². The largest absolute Gasteiger partial charge is 0.297 e. The molecule has 0 aliphatic rings. The van der Waals surface area contributed by atoms with Crippen molar-refractivity contribution in [3.63, 3.8) is 0 Å². The summed E-state index contributed by atoms with van der Waals surface area (Å²) in [6.07, 6.45) is 4.88. The average molecular weight is 263 g/mol. The second-order valence-electron chi connectivity index (χ2n) is 4.08. The molecule has 15 heavy (non-hydrogen) atoms. The van der Waals surface area contributed by atoms with Gasteiger partial charge in [0.1, 0.15) is 0 Å². The van der Waals surface area contributed by atoms with E-state index in [4.69, 9.17) is 23.2 Å². The first-order valence-corrected chi connectivity index (χ1v) is 6.65. The Morgan fingerprint density at radius 3 is 2.80 bits per heavy atom. The zero-order valence-corrected chi connectivity index (χ0v) is 10.7. The molecule has 0 aliphatic heterocycles. The summed E-state index contributed by atoms with van der Waals surface area (Å²) in [4.78, 5) is 5.54. The Morgan fingerprint density at radius 2 is 2.20 bits per heavy atom. The predicted octanol–water partition coefficient (Wildman–Crippen LogP) is 3.42. The Kier molecular flexibility index (Phi) is 3.24. The summed E-state index contributed by atoms with van der Waals surface area (Å²) in [5, 5.41) is 2.02. The van der Waals surface area contributed by atoms with E-state index in [2.05, 4.69) is 11.9 Å². The van der Waals surface area contributed by atoms with Crippen LogP contribution in [0.3, 0.4) is 0 Å². The lowest BCUT2D eigenvalue weighted by Gasteiger charge is -2.22. The first kappa shape index (κ1) is 11.2. The van der Waals surface area contributed by atoms with Crippen LogP contribution in [0.5, 0.6) is 0 Å². The molecule has 2 rings (SSSR count). The van der Waals surface area contributed by atoms with Crippen LogP contribution in [-0.2, 0) is 6.42 Å². The van der Waals surface area contributed by atoms with Crippen LogP contribution in [0.2, 0.25) is 0 Å². The van der Waals surface area contributed by atoms with Gasteiger partial charge in [0.05, 0.1) is 5.69 Å². The molecule has 2 aromatic rings. The van der Waals surface area contributed by atoms with Crippen molar-refractivity contribution in [2.45, 2.75) is 13.3 Å². The van der Waals surface area contributed by atoms with Crippen molar-refractivity contribution in [1.29, 1.82) is 0 Å². The van der Waals surface area contributed by atoms with Crippen LogP contribution in [0.25, 0.3) is 4.96 Å². The lowest BCUT2D eigenvalue weighted by molar-refractivity contribution is 0.421. The fraction of sp³-hybridized carbons (Fsp3) is 0.500. The minimum Gasteiger partial charge on any atom is -0.297 e. The summed E-state index contributed by atoms with van der Waals surface area (Å²) >= 11 is 13.5. The van der Waals surface area contributed by atoms with E-state index in [9.17, 15) is 0 Å². The highest BCUT2D eigenvalue weighted by Crippen LogP contribution is 2.26. The molecule has 2 heterocycles. The fourth-order valence-electron chi connectivity index (χ4n) is 1.43. The van der Waals surface area contributed by atoms with Crippen LogP contribution < -0.4 is 0 Å². The molecule has 0 bridgehead atoms.